The first-order valence-electron chi connectivity index (χ1n) is 4.79. The van der Waals surface area contributed by atoms with Crippen molar-refractivity contribution in [1.82, 2.24) is 15.0 Å². The van der Waals surface area contributed by atoms with Crippen molar-refractivity contribution < 1.29 is 18.3 Å². The number of amides is 1. The predicted molar refractivity (Wildman–Crippen MR) is 61.1 cm³/mol. The molecule has 8 heteroatoms. The summed E-state index contributed by atoms with van der Waals surface area (Å²) in [6, 6.07) is 2.81. The third kappa shape index (κ3) is 4.00. The Labute approximate surface area is 98.9 Å². The molecule has 0 aliphatic rings. The van der Waals surface area contributed by atoms with Crippen LogP contribution in [0.5, 0.6) is 5.75 Å². The molecule has 17 heavy (non-hydrogen) atoms. The first kappa shape index (κ1) is 13.4. The van der Waals surface area contributed by atoms with Crippen LogP contribution in [0.25, 0.3) is 0 Å². The van der Waals surface area contributed by atoms with Gasteiger partial charge in [-0.2, -0.15) is 0 Å². The SMILES string of the molecule is CNS(=O)(=O)CCNC(=O)c1ncccc1O. The molecule has 0 atom stereocenters. The number of carbonyl (C=O) groups is 1. The zero-order chi connectivity index (χ0) is 12.9. The molecular weight excluding hydrogens is 246 g/mol. The molecule has 94 valence electrons. The molecule has 0 spiro atoms. The van der Waals surface area contributed by atoms with Gasteiger partial charge in [0.1, 0.15) is 5.75 Å². The average molecular weight is 259 g/mol. The fraction of sp³-hybridized carbons (Fsp3) is 0.333. The van der Waals surface area contributed by atoms with Crippen molar-refractivity contribution in [2.75, 3.05) is 19.3 Å². The van der Waals surface area contributed by atoms with E-state index in [1.54, 1.807) is 0 Å². The normalized spacial score (nSPS) is 11.1. The maximum atomic E-state index is 11.5. The number of rotatable bonds is 5. The van der Waals surface area contributed by atoms with Crippen molar-refractivity contribution in [1.29, 1.82) is 0 Å². The lowest BCUT2D eigenvalue weighted by atomic mass is 10.3. The topological polar surface area (TPSA) is 108 Å². The Balaban J connectivity index is 2.55. The molecule has 0 aliphatic carbocycles. The first-order chi connectivity index (χ1) is 7.96. The molecule has 1 aromatic heterocycles. The number of hydrogen-bond acceptors (Lipinski definition) is 5. The molecule has 3 N–H and O–H groups in total. The van der Waals surface area contributed by atoms with Crippen molar-refractivity contribution in [2.45, 2.75) is 0 Å². The minimum absolute atomic E-state index is 0.0575. The Morgan fingerprint density at radius 3 is 2.82 bits per heavy atom. The van der Waals surface area contributed by atoms with Crippen molar-refractivity contribution >= 4 is 15.9 Å². The van der Waals surface area contributed by atoms with Crippen molar-refractivity contribution in [3.63, 3.8) is 0 Å². The standard InChI is InChI=1S/C9H13N3O4S/c1-10-17(15,16)6-5-12-9(14)8-7(13)3-2-4-11-8/h2-4,10,13H,5-6H2,1H3,(H,12,14). The number of sulfonamides is 1. The van der Waals surface area contributed by atoms with Crippen molar-refractivity contribution in [3.05, 3.63) is 24.0 Å². The molecule has 0 unspecified atom stereocenters. The van der Waals surface area contributed by atoms with Gasteiger partial charge in [-0.3, -0.25) is 4.79 Å². The highest BCUT2D eigenvalue weighted by atomic mass is 32.2. The number of carbonyl (C=O) groups excluding carboxylic acids is 1. The second-order valence-corrected chi connectivity index (χ2v) is 5.20. The van der Waals surface area contributed by atoms with E-state index in [2.05, 4.69) is 15.0 Å². The summed E-state index contributed by atoms with van der Waals surface area (Å²) in [5.74, 6) is -1.10. The summed E-state index contributed by atoms with van der Waals surface area (Å²) in [5.41, 5.74) is -0.130. The second-order valence-electron chi connectivity index (χ2n) is 3.15. The molecule has 1 rings (SSSR count). The molecular formula is C9H13N3O4S. The number of nitrogens with zero attached hydrogens (tertiary/aromatic N) is 1. The summed E-state index contributed by atoms with van der Waals surface area (Å²) >= 11 is 0. The van der Waals surface area contributed by atoms with Crippen molar-refractivity contribution in [3.8, 4) is 5.75 Å². The Kier molecular flexibility index (Phi) is 4.41. The van der Waals surface area contributed by atoms with Crippen LogP contribution in [-0.4, -0.2) is 43.8 Å². The minimum atomic E-state index is -3.36. The highest BCUT2D eigenvalue weighted by molar-refractivity contribution is 7.89. The summed E-state index contributed by atoms with van der Waals surface area (Å²) in [6.45, 7) is -0.0575. The Morgan fingerprint density at radius 1 is 1.53 bits per heavy atom. The number of aromatic hydroxyl groups is 1. The lowest BCUT2D eigenvalue weighted by molar-refractivity contribution is 0.0948. The van der Waals surface area contributed by atoms with Crippen LogP contribution < -0.4 is 10.0 Å². The fourth-order valence-electron chi connectivity index (χ4n) is 1.06. The third-order valence-corrected chi connectivity index (χ3v) is 3.33. The van der Waals surface area contributed by atoms with E-state index in [0.717, 1.165) is 0 Å². The van der Waals surface area contributed by atoms with Crippen LogP contribution in [0.4, 0.5) is 0 Å². The summed E-state index contributed by atoms with van der Waals surface area (Å²) < 4.78 is 24.2. The molecule has 0 saturated carbocycles. The zero-order valence-corrected chi connectivity index (χ0v) is 9.99. The van der Waals surface area contributed by atoms with Crippen LogP contribution in [0.15, 0.2) is 18.3 Å². The average Bonchev–Trinajstić information content (AvgIpc) is 2.29. The van der Waals surface area contributed by atoms with E-state index in [1.165, 1.54) is 25.4 Å². The fourth-order valence-corrected chi connectivity index (χ4v) is 1.63. The molecule has 1 aromatic rings. The third-order valence-electron chi connectivity index (χ3n) is 1.97. The number of aromatic nitrogens is 1. The first-order valence-corrected chi connectivity index (χ1v) is 6.45. The summed E-state index contributed by atoms with van der Waals surface area (Å²) in [5, 5.41) is 11.7. The van der Waals surface area contributed by atoms with E-state index in [-0.39, 0.29) is 23.7 Å². The molecule has 1 heterocycles. The van der Waals surface area contributed by atoms with E-state index in [0.29, 0.717) is 0 Å². The van der Waals surface area contributed by atoms with E-state index >= 15 is 0 Å². The van der Waals surface area contributed by atoms with Crippen LogP contribution in [-0.2, 0) is 10.0 Å². The van der Waals surface area contributed by atoms with Gasteiger partial charge >= 0.3 is 0 Å². The number of nitrogens with one attached hydrogen (secondary N) is 2. The van der Waals surface area contributed by atoms with E-state index in [4.69, 9.17) is 0 Å². The van der Waals surface area contributed by atoms with Gasteiger partial charge in [-0.25, -0.2) is 18.1 Å². The van der Waals surface area contributed by atoms with Gasteiger partial charge in [-0.05, 0) is 19.2 Å². The molecule has 0 radical (unpaired) electrons. The maximum absolute atomic E-state index is 11.5. The molecule has 0 fully saturated rings. The van der Waals surface area contributed by atoms with Crippen LogP contribution >= 0.6 is 0 Å². The Bertz CT molecular complexity index is 501. The molecule has 0 aliphatic heterocycles. The highest BCUT2D eigenvalue weighted by Gasteiger charge is 2.13. The summed E-state index contributed by atoms with van der Waals surface area (Å²) in [6.07, 6.45) is 1.36. The molecule has 7 nitrogen and oxygen atoms in total. The van der Waals surface area contributed by atoms with E-state index in [1.807, 2.05) is 0 Å². The van der Waals surface area contributed by atoms with Gasteiger partial charge < -0.3 is 10.4 Å². The monoisotopic (exact) mass is 259 g/mol. The van der Waals surface area contributed by atoms with Gasteiger partial charge in [0.25, 0.3) is 5.91 Å². The Hall–Kier alpha value is -1.67. The minimum Gasteiger partial charge on any atom is -0.505 e. The largest absolute Gasteiger partial charge is 0.505 e. The number of hydrogen-bond donors (Lipinski definition) is 3. The van der Waals surface area contributed by atoms with Crippen LogP contribution in [0.3, 0.4) is 0 Å². The predicted octanol–water partition coefficient (Wildman–Crippen LogP) is -0.934. The van der Waals surface area contributed by atoms with Crippen molar-refractivity contribution in [2.24, 2.45) is 0 Å². The number of pyridine rings is 1. The lowest BCUT2D eigenvalue weighted by Crippen LogP contribution is -2.33. The lowest BCUT2D eigenvalue weighted by Gasteiger charge is -2.05. The maximum Gasteiger partial charge on any atom is 0.273 e. The van der Waals surface area contributed by atoms with Gasteiger partial charge in [0.2, 0.25) is 10.0 Å². The van der Waals surface area contributed by atoms with Gasteiger partial charge in [-0.1, -0.05) is 0 Å². The summed E-state index contributed by atoms with van der Waals surface area (Å²) in [4.78, 5) is 15.2. The quantitative estimate of drug-likeness (QED) is 0.633. The smallest absolute Gasteiger partial charge is 0.273 e. The van der Waals surface area contributed by atoms with Gasteiger partial charge in [-0.15, -0.1) is 0 Å². The Morgan fingerprint density at radius 2 is 2.24 bits per heavy atom. The molecule has 0 bridgehead atoms. The molecule has 0 aromatic carbocycles. The highest BCUT2D eigenvalue weighted by Crippen LogP contribution is 2.11. The van der Waals surface area contributed by atoms with E-state index < -0.39 is 15.9 Å². The van der Waals surface area contributed by atoms with Gasteiger partial charge in [0.05, 0.1) is 5.75 Å². The molecule has 1 amide bonds. The van der Waals surface area contributed by atoms with Crippen LogP contribution in [0.2, 0.25) is 0 Å². The van der Waals surface area contributed by atoms with Crippen LogP contribution in [0.1, 0.15) is 10.5 Å². The van der Waals surface area contributed by atoms with Gasteiger partial charge in [0.15, 0.2) is 5.69 Å². The zero-order valence-electron chi connectivity index (χ0n) is 9.17. The van der Waals surface area contributed by atoms with E-state index in [9.17, 15) is 18.3 Å². The van der Waals surface area contributed by atoms with Gasteiger partial charge in [0, 0.05) is 12.7 Å². The summed E-state index contributed by atoms with van der Waals surface area (Å²) in [7, 11) is -2.06. The second kappa shape index (κ2) is 5.60. The van der Waals surface area contributed by atoms with Crippen LogP contribution in [0, 0.1) is 0 Å². The molecule has 0 saturated heterocycles.